The van der Waals surface area contributed by atoms with E-state index >= 15 is 0 Å². The van der Waals surface area contributed by atoms with Crippen LogP contribution in [0, 0.1) is 0 Å². The van der Waals surface area contributed by atoms with Crippen LogP contribution in [0.2, 0.25) is 5.02 Å². The lowest BCUT2D eigenvalue weighted by Crippen LogP contribution is -2.36. The van der Waals surface area contributed by atoms with E-state index in [9.17, 15) is 8.78 Å². The first kappa shape index (κ1) is 23.2. The van der Waals surface area contributed by atoms with E-state index in [1.807, 2.05) is 18.2 Å². The van der Waals surface area contributed by atoms with Gasteiger partial charge in [-0.3, -0.25) is 4.99 Å². The quantitative estimate of drug-likeness (QED) is 0.328. The molecule has 0 amide bonds. The topological polar surface area (TPSA) is 54.9 Å². The molecule has 0 fully saturated rings. The van der Waals surface area contributed by atoms with Gasteiger partial charge in [0, 0.05) is 36.8 Å². The zero-order valence-corrected chi connectivity index (χ0v) is 17.9. The summed E-state index contributed by atoms with van der Waals surface area (Å²) in [7, 11) is 3.08. The molecule has 0 spiro atoms. The largest absolute Gasteiger partial charge is 0.497 e. The Morgan fingerprint density at radius 2 is 1.78 bits per heavy atom. The number of ether oxygens (including phenoxy) is 2. The fourth-order valence-corrected chi connectivity index (χ4v) is 2.44. The summed E-state index contributed by atoms with van der Waals surface area (Å²) in [4.78, 5) is 4.11. The third-order valence-electron chi connectivity index (χ3n) is 3.56. The number of rotatable bonds is 7. The van der Waals surface area contributed by atoms with Gasteiger partial charge in [0.15, 0.2) is 5.96 Å². The molecule has 0 saturated carbocycles. The average molecular weight is 512 g/mol. The summed E-state index contributed by atoms with van der Waals surface area (Å²) >= 11 is 6.12. The number of hydrogen-bond donors (Lipinski definition) is 2. The maximum Gasteiger partial charge on any atom is 0.387 e. The molecule has 2 aromatic rings. The molecular weight excluding hydrogens is 491 g/mol. The highest BCUT2D eigenvalue weighted by Gasteiger charge is 2.12. The van der Waals surface area contributed by atoms with Gasteiger partial charge in [0.25, 0.3) is 0 Å². The lowest BCUT2D eigenvalue weighted by Gasteiger charge is -2.15. The van der Waals surface area contributed by atoms with Crippen molar-refractivity contribution in [3.63, 3.8) is 0 Å². The van der Waals surface area contributed by atoms with Crippen LogP contribution in [0.15, 0.2) is 47.5 Å². The summed E-state index contributed by atoms with van der Waals surface area (Å²) < 4.78 is 34.8. The number of benzene rings is 2. The zero-order valence-electron chi connectivity index (χ0n) is 14.8. The Morgan fingerprint density at radius 1 is 1.11 bits per heavy atom. The Balaban J connectivity index is 0.00000364. The molecule has 0 atom stereocenters. The smallest absolute Gasteiger partial charge is 0.387 e. The SMILES string of the molecule is CN=C(NCc1ccccc1Cl)NCc1ccc(OC)cc1OC(F)F.I. The van der Waals surface area contributed by atoms with E-state index in [4.69, 9.17) is 16.3 Å². The molecule has 5 nitrogen and oxygen atoms in total. The van der Waals surface area contributed by atoms with Gasteiger partial charge < -0.3 is 20.1 Å². The molecule has 2 rings (SSSR count). The zero-order chi connectivity index (χ0) is 18.9. The van der Waals surface area contributed by atoms with Gasteiger partial charge in [-0.05, 0) is 23.8 Å². The van der Waals surface area contributed by atoms with E-state index in [1.54, 1.807) is 25.2 Å². The van der Waals surface area contributed by atoms with Crippen molar-refractivity contribution in [1.82, 2.24) is 10.6 Å². The van der Waals surface area contributed by atoms with Gasteiger partial charge in [-0.25, -0.2) is 0 Å². The van der Waals surface area contributed by atoms with Gasteiger partial charge in [-0.1, -0.05) is 29.8 Å². The lowest BCUT2D eigenvalue weighted by atomic mass is 10.2. The molecule has 9 heteroatoms. The molecule has 0 aliphatic rings. The number of aliphatic imine (C=N–C) groups is 1. The number of halogens is 4. The van der Waals surface area contributed by atoms with Crippen molar-refractivity contribution in [2.45, 2.75) is 19.7 Å². The highest BCUT2D eigenvalue weighted by molar-refractivity contribution is 14.0. The first-order valence-electron chi connectivity index (χ1n) is 7.83. The molecule has 2 N–H and O–H groups in total. The molecule has 0 saturated heterocycles. The summed E-state index contributed by atoms with van der Waals surface area (Å²) in [6.07, 6.45) is 0. The standard InChI is InChI=1S/C18H20ClF2N3O2.HI/c1-22-18(23-10-12-5-3-4-6-15(12)19)24-11-13-7-8-14(25-2)9-16(13)26-17(20)21;/h3-9,17H,10-11H2,1-2H3,(H2,22,23,24);1H. The Bertz CT molecular complexity index is 763. The third-order valence-corrected chi connectivity index (χ3v) is 3.93. The summed E-state index contributed by atoms with van der Waals surface area (Å²) in [5, 5.41) is 6.83. The van der Waals surface area contributed by atoms with Crippen LogP contribution in [0.1, 0.15) is 11.1 Å². The third kappa shape index (κ3) is 7.37. The highest BCUT2D eigenvalue weighted by Crippen LogP contribution is 2.26. The summed E-state index contributed by atoms with van der Waals surface area (Å²) in [6, 6.07) is 12.2. The predicted molar refractivity (Wildman–Crippen MR) is 114 cm³/mol. The summed E-state index contributed by atoms with van der Waals surface area (Å²) in [5.41, 5.74) is 1.47. The molecule has 0 aromatic heterocycles. The summed E-state index contributed by atoms with van der Waals surface area (Å²) in [5.74, 6) is 0.989. The average Bonchev–Trinajstić information content (AvgIpc) is 2.63. The molecule has 0 unspecified atom stereocenters. The van der Waals surface area contributed by atoms with Crippen molar-refractivity contribution in [3.8, 4) is 11.5 Å². The minimum Gasteiger partial charge on any atom is -0.497 e. The van der Waals surface area contributed by atoms with Crippen LogP contribution in [0.5, 0.6) is 11.5 Å². The Labute approximate surface area is 179 Å². The monoisotopic (exact) mass is 511 g/mol. The van der Waals surface area contributed by atoms with E-state index in [0.717, 1.165) is 5.56 Å². The van der Waals surface area contributed by atoms with E-state index in [1.165, 1.54) is 13.2 Å². The van der Waals surface area contributed by atoms with Crippen LogP contribution in [0.4, 0.5) is 8.78 Å². The second-order valence-corrected chi connectivity index (χ2v) is 5.63. The minimum atomic E-state index is -2.92. The Hall–Kier alpha value is -1.81. The molecule has 0 aliphatic heterocycles. The van der Waals surface area contributed by atoms with Gasteiger partial charge in [-0.2, -0.15) is 8.78 Å². The molecule has 0 radical (unpaired) electrons. The Kier molecular flexibility index (Phi) is 10.2. The maximum absolute atomic E-state index is 12.6. The van der Waals surface area contributed by atoms with Gasteiger partial charge >= 0.3 is 6.61 Å². The second-order valence-electron chi connectivity index (χ2n) is 5.22. The molecule has 0 bridgehead atoms. The first-order chi connectivity index (χ1) is 12.5. The Morgan fingerprint density at radius 3 is 2.37 bits per heavy atom. The van der Waals surface area contributed by atoms with Gasteiger partial charge in [0.1, 0.15) is 11.5 Å². The van der Waals surface area contributed by atoms with Crippen molar-refractivity contribution in [2.75, 3.05) is 14.2 Å². The van der Waals surface area contributed by atoms with E-state index in [0.29, 0.717) is 28.8 Å². The highest BCUT2D eigenvalue weighted by atomic mass is 127. The van der Waals surface area contributed by atoms with Gasteiger partial charge in [0.2, 0.25) is 0 Å². The number of guanidine groups is 1. The minimum absolute atomic E-state index is 0. The van der Waals surface area contributed by atoms with Crippen molar-refractivity contribution in [3.05, 3.63) is 58.6 Å². The van der Waals surface area contributed by atoms with E-state index in [-0.39, 0.29) is 36.3 Å². The van der Waals surface area contributed by atoms with Gasteiger partial charge in [-0.15, -0.1) is 24.0 Å². The first-order valence-corrected chi connectivity index (χ1v) is 8.21. The molecule has 2 aromatic carbocycles. The van der Waals surface area contributed by atoms with Crippen molar-refractivity contribution in [1.29, 1.82) is 0 Å². The van der Waals surface area contributed by atoms with Crippen LogP contribution in [0.25, 0.3) is 0 Å². The predicted octanol–water partition coefficient (Wildman–Crippen LogP) is 4.43. The van der Waals surface area contributed by atoms with Crippen LogP contribution >= 0.6 is 35.6 Å². The number of alkyl halides is 2. The number of hydrogen-bond acceptors (Lipinski definition) is 3. The fourth-order valence-electron chi connectivity index (χ4n) is 2.23. The van der Waals surface area contributed by atoms with Crippen LogP contribution in [-0.4, -0.2) is 26.7 Å². The van der Waals surface area contributed by atoms with E-state index < -0.39 is 6.61 Å². The van der Waals surface area contributed by atoms with Crippen LogP contribution in [-0.2, 0) is 13.1 Å². The lowest BCUT2D eigenvalue weighted by molar-refractivity contribution is -0.0505. The fraction of sp³-hybridized carbons (Fsp3) is 0.278. The second kappa shape index (κ2) is 11.8. The molecule has 148 valence electrons. The molecule has 27 heavy (non-hydrogen) atoms. The summed E-state index contributed by atoms with van der Waals surface area (Å²) in [6.45, 7) is -2.20. The normalized spacial score (nSPS) is 11.0. The van der Waals surface area contributed by atoms with Crippen LogP contribution < -0.4 is 20.1 Å². The molecule has 0 heterocycles. The number of nitrogens with zero attached hydrogens (tertiary/aromatic N) is 1. The number of methoxy groups -OCH3 is 1. The van der Waals surface area contributed by atoms with Crippen molar-refractivity contribution >= 4 is 41.5 Å². The van der Waals surface area contributed by atoms with Crippen LogP contribution in [0.3, 0.4) is 0 Å². The van der Waals surface area contributed by atoms with Gasteiger partial charge in [0.05, 0.1) is 7.11 Å². The van der Waals surface area contributed by atoms with Crippen molar-refractivity contribution in [2.24, 2.45) is 4.99 Å². The maximum atomic E-state index is 12.6. The van der Waals surface area contributed by atoms with E-state index in [2.05, 4.69) is 20.4 Å². The van der Waals surface area contributed by atoms with Crippen molar-refractivity contribution < 1.29 is 18.3 Å². The number of nitrogens with one attached hydrogen (secondary N) is 2. The molecule has 0 aliphatic carbocycles. The molecular formula is C18H21ClF2IN3O2.